The summed E-state index contributed by atoms with van der Waals surface area (Å²) in [5.74, 6) is 0.183. The zero-order chi connectivity index (χ0) is 19.9. The maximum absolute atomic E-state index is 12.3. The van der Waals surface area contributed by atoms with Crippen LogP contribution in [0.5, 0.6) is 0 Å². The number of carbonyl (C=O) groups is 1. The topological polar surface area (TPSA) is 41.6 Å². The number of benzene rings is 2. The second-order valence-electron chi connectivity index (χ2n) is 8.36. The zero-order valence-electron chi connectivity index (χ0n) is 17.1. The van der Waals surface area contributed by atoms with Crippen molar-refractivity contribution in [3.63, 3.8) is 0 Å². The van der Waals surface area contributed by atoms with Gasteiger partial charge in [-0.25, -0.2) is 0 Å². The highest BCUT2D eigenvalue weighted by Crippen LogP contribution is 2.30. The Bertz CT molecular complexity index is 711. The minimum absolute atomic E-state index is 0.0420. The SMILES string of the molecule is O=C(CN1CCC(OC(c2ccccc2)c2ccccc2)CC1)NC1CCCC1. The molecule has 0 unspecified atom stereocenters. The van der Waals surface area contributed by atoms with Crippen molar-refractivity contribution < 1.29 is 9.53 Å². The van der Waals surface area contributed by atoms with Crippen molar-refractivity contribution in [1.82, 2.24) is 10.2 Å². The van der Waals surface area contributed by atoms with Gasteiger partial charge in [-0.15, -0.1) is 0 Å². The van der Waals surface area contributed by atoms with Crippen molar-refractivity contribution in [2.45, 2.75) is 56.8 Å². The van der Waals surface area contributed by atoms with E-state index in [1.165, 1.54) is 24.0 Å². The molecule has 154 valence electrons. The molecule has 0 atom stereocenters. The van der Waals surface area contributed by atoms with Gasteiger partial charge in [0.2, 0.25) is 5.91 Å². The Balaban J connectivity index is 1.31. The fraction of sp³-hybridized carbons (Fsp3) is 0.480. The van der Waals surface area contributed by atoms with Crippen molar-refractivity contribution in [2.24, 2.45) is 0 Å². The van der Waals surface area contributed by atoms with Crippen LogP contribution in [0.25, 0.3) is 0 Å². The van der Waals surface area contributed by atoms with Gasteiger partial charge in [-0.05, 0) is 36.8 Å². The molecule has 2 fully saturated rings. The summed E-state index contributed by atoms with van der Waals surface area (Å²) < 4.78 is 6.60. The van der Waals surface area contributed by atoms with Gasteiger partial charge in [0.05, 0.1) is 12.6 Å². The summed E-state index contributed by atoms with van der Waals surface area (Å²) in [7, 11) is 0. The standard InChI is InChI=1S/C25H32N2O2/c28-24(26-22-13-7-8-14-22)19-27-17-15-23(16-18-27)29-25(20-9-3-1-4-10-20)21-11-5-2-6-12-21/h1-6,9-12,22-23,25H,7-8,13-19H2,(H,26,28). The van der Waals surface area contributed by atoms with Gasteiger partial charge in [-0.3, -0.25) is 9.69 Å². The molecule has 4 nitrogen and oxygen atoms in total. The van der Waals surface area contributed by atoms with E-state index in [1.54, 1.807) is 0 Å². The number of hydrogen-bond acceptors (Lipinski definition) is 3. The van der Waals surface area contributed by atoms with E-state index in [4.69, 9.17) is 4.74 Å². The number of carbonyl (C=O) groups excluding carboxylic acids is 1. The highest BCUT2D eigenvalue weighted by Gasteiger charge is 2.26. The number of amides is 1. The first kappa shape index (κ1) is 20.1. The van der Waals surface area contributed by atoms with Crippen LogP contribution in [0.2, 0.25) is 0 Å². The number of ether oxygens (including phenoxy) is 1. The lowest BCUT2D eigenvalue weighted by atomic mass is 10.00. The lowest BCUT2D eigenvalue weighted by Gasteiger charge is -2.34. The molecule has 0 bridgehead atoms. The summed E-state index contributed by atoms with van der Waals surface area (Å²) in [6, 6.07) is 21.3. The van der Waals surface area contributed by atoms with Gasteiger partial charge < -0.3 is 10.1 Å². The molecule has 0 spiro atoms. The predicted molar refractivity (Wildman–Crippen MR) is 116 cm³/mol. The molecule has 1 heterocycles. The minimum atomic E-state index is -0.0420. The van der Waals surface area contributed by atoms with E-state index in [2.05, 4.69) is 58.7 Å². The van der Waals surface area contributed by atoms with Crippen LogP contribution in [0.15, 0.2) is 60.7 Å². The van der Waals surface area contributed by atoms with E-state index in [0.29, 0.717) is 12.6 Å². The van der Waals surface area contributed by atoms with Crippen LogP contribution < -0.4 is 5.32 Å². The van der Waals surface area contributed by atoms with E-state index in [-0.39, 0.29) is 18.1 Å². The third-order valence-electron chi connectivity index (χ3n) is 6.16. The van der Waals surface area contributed by atoms with Crippen LogP contribution in [0, 0.1) is 0 Å². The normalized spacial score (nSPS) is 18.9. The zero-order valence-corrected chi connectivity index (χ0v) is 17.1. The Hall–Kier alpha value is -2.17. The van der Waals surface area contributed by atoms with Crippen molar-refractivity contribution >= 4 is 5.91 Å². The average molecular weight is 393 g/mol. The third-order valence-corrected chi connectivity index (χ3v) is 6.16. The smallest absolute Gasteiger partial charge is 0.234 e. The summed E-state index contributed by atoms with van der Waals surface area (Å²) in [6.45, 7) is 2.35. The van der Waals surface area contributed by atoms with Gasteiger partial charge in [0.1, 0.15) is 6.10 Å². The Morgan fingerprint density at radius 1 is 0.897 bits per heavy atom. The molecule has 1 N–H and O–H groups in total. The second kappa shape index (κ2) is 10.0. The fourth-order valence-corrected chi connectivity index (χ4v) is 4.55. The van der Waals surface area contributed by atoms with Gasteiger partial charge in [-0.1, -0.05) is 73.5 Å². The first-order valence-corrected chi connectivity index (χ1v) is 11.0. The summed E-state index contributed by atoms with van der Waals surface area (Å²) >= 11 is 0. The van der Waals surface area contributed by atoms with E-state index in [0.717, 1.165) is 38.8 Å². The number of likely N-dealkylation sites (tertiary alicyclic amines) is 1. The van der Waals surface area contributed by atoms with Crippen molar-refractivity contribution in [3.8, 4) is 0 Å². The molecule has 4 rings (SSSR count). The Morgan fingerprint density at radius 2 is 1.45 bits per heavy atom. The predicted octanol–water partition coefficient (Wildman–Crippen LogP) is 4.32. The molecule has 2 aromatic rings. The Morgan fingerprint density at radius 3 is 2.00 bits per heavy atom. The molecule has 4 heteroatoms. The van der Waals surface area contributed by atoms with Gasteiger partial charge in [0.25, 0.3) is 0 Å². The Labute approximate surface area is 174 Å². The fourth-order valence-electron chi connectivity index (χ4n) is 4.55. The third kappa shape index (κ3) is 5.68. The summed E-state index contributed by atoms with van der Waals surface area (Å²) in [5, 5.41) is 3.20. The molecule has 2 aromatic carbocycles. The molecule has 1 saturated heterocycles. The number of nitrogens with zero attached hydrogens (tertiary/aromatic N) is 1. The van der Waals surface area contributed by atoms with E-state index < -0.39 is 0 Å². The molecule has 0 radical (unpaired) electrons. The molecular formula is C25H32N2O2. The first-order valence-electron chi connectivity index (χ1n) is 11.0. The number of hydrogen-bond donors (Lipinski definition) is 1. The Kier molecular flexibility index (Phi) is 6.96. The van der Waals surface area contributed by atoms with Crippen LogP contribution >= 0.6 is 0 Å². The first-order chi connectivity index (χ1) is 14.3. The van der Waals surface area contributed by atoms with Crippen LogP contribution in [0.3, 0.4) is 0 Å². The lowest BCUT2D eigenvalue weighted by molar-refractivity contribution is -0.123. The van der Waals surface area contributed by atoms with Crippen LogP contribution in [-0.4, -0.2) is 42.6 Å². The molecule has 2 aliphatic rings. The summed E-state index contributed by atoms with van der Waals surface area (Å²) in [6.07, 6.45) is 6.88. The van der Waals surface area contributed by atoms with E-state index in [1.807, 2.05) is 12.1 Å². The second-order valence-corrected chi connectivity index (χ2v) is 8.36. The van der Waals surface area contributed by atoms with E-state index >= 15 is 0 Å². The molecule has 1 aliphatic carbocycles. The molecule has 29 heavy (non-hydrogen) atoms. The van der Waals surface area contributed by atoms with Gasteiger partial charge in [-0.2, -0.15) is 0 Å². The van der Waals surface area contributed by atoms with Crippen LogP contribution in [0.1, 0.15) is 55.8 Å². The molecule has 1 saturated carbocycles. The maximum atomic E-state index is 12.3. The number of piperidine rings is 1. The van der Waals surface area contributed by atoms with Crippen molar-refractivity contribution in [3.05, 3.63) is 71.8 Å². The van der Waals surface area contributed by atoms with Gasteiger partial charge in [0, 0.05) is 19.1 Å². The van der Waals surface area contributed by atoms with Crippen LogP contribution in [-0.2, 0) is 9.53 Å². The molecule has 0 aromatic heterocycles. The molecule has 1 amide bonds. The summed E-state index contributed by atoms with van der Waals surface area (Å²) in [5.41, 5.74) is 2.38. The van der Waals surface area contributed by atoms with E-state index in [9.17, 15) is 4.79 Å². The maximum Gasteiger partial charge on any atom is 0.234 e. The largest absolute Gasteiger partial charge is 0.365 e. The average Bonchev–Trinajstić information content (AvgIpc) is 3.27. The van der Waals surface area contributed by atoms with Gasteiger partial charge in [0.15, 0.2) is 0 Å². The molecule has 1 aliphatic heterocycles. The highest BCUT2D eigenvalue weighted by molar-refractivity contribution is 5.78. The molecular weight excluding hydrogens is 360 g/mol. The number of rotatable bonds is 7. The van der Waals surface area contributed by atoms with Crippen LogP contribution in [0.4, 0.5) is 0 Å². The quantitative estimate of drug-likeness (QED) is 0.763. The van der Waals surface area contributed by atoms with Crippen molar-refractivity contribution in [1.29, 1.82) is 0 Å². The van der Waals surface area contributed by atoms with Crippen molar-refractivity contribution in [2.75, 3.05) is 19.6 Å². The minimum Gasteiger partial charge on any atom is -0.365 e. The number of nitrogens with one attached hydrogen (secondary N) is 1. The summed E-state index contributed by atoms with van der Waals surface area (Å²) in [4.78, 5) is 14.6. The van der Waals surface area contributed by atoms with Gasteiger partial charge >= 0.3 is 0 Å². The monoisotopic (exact) mass is 392 g/mol. The lowest BCUT2D eigenvalue weighted by Crippen LogP contribution is -2.45. The highest BCUT2D eigenvalue weighted by atomic mass is 16.5.